The standard InChI is InChI=1S/C21H22F4N2O/c22-19-8-6-15(7-9-19)13-27-10-2-4-17(14-27)20(28)26-12-16-3-1-5-18(11-16)21(23,24)25/h1,3,5-9,11,17H,2,4,10,12-14H2,(H,26,28). The molecule has 0 aromatic heterocycles. The summed E-state index contributed by atoms with van der Waals surface area (Å²) in [5.74, 6) is -0.643. The van der Waals surface area contributed by atoms with Crippen LogP contribution in [0.4, 0.5) is 17.6 Å². The van der Waals surface area contributed by atoms with Gasteiger partial charge >= 0.3 is 6.18 Å². The third kappa shape index (κ3) is 5.55. The fourth-order valence-electron chi connectivity index (χ4n) is 3.45. The van der Waals surface area contributed by atoms with Gasteiger partial charge in [0.15, 0.2) is 0 Å². The van der Waals surface area contributed by atoms with Crippen LogP contribution in [0.2, 0.25) is 0 Å². The molecule has 1 aliphatic heterocycles. The maximum absolute atomic E-state index is 13.0. The largest absolute Gasteiger partial charge is 0.416 e. The highest BCUT2D eigenvalue weighted by Gasteiger charge is 2.30. The summed E-state index contributed by atoms with van der Waals surface area (Å²) in [4.78, 5) is 14.6. The van der Waals surface area contributed by atoms with Crippen LogP contribution < -0.4 is 5.32 Å². The van der Waals surface area contributed by atoms with E-state index in [4.69, 9.17) is 0 Å². The van der Waals surface area contributed by atoms with Gasteiger partial charge in [0.2, 0.25) is 5.91 Å². The number of halogens is 4. The first-order valence-electron chi connectivity index (χ1n) is 9.22. The van der Waals surface area contributed by atoms with E-state index in [1.54, 1.807) is 18.2 Å². The summed E-state index contributed by atoms with van der Waals surface area (Å²) >= 11 is 0. The Labute approximate surface area is 161 Å². The van der Waals surface area contributed by atoms with Gasteiger partial charge in [0.25, 0.3) is 0 Å². The Bertz CT molecular complexity index is 805. The lowest BCUT2D eigenvalue weighted by molar-refractivity contribution is -0.137. The summed E-state index contributed by atoms with van der Waals surface area (Å²) in [6.45, 7) is 2.13. The molecule has 1 atom stereocenters. The minimum Gasteiger partial charge on any atom is -0.352 e. The molecule has 0 aliphatic carbocycles. The van der Waals surface area contributed by atoms with E-state index in [0.29, 0.717) is 18.7 Å². The van der Waals surface area contributed by atoms with Gasteiger partial charge < -0.3 is 5.32 Å². The van der Waals surface area contributed by atoms with E-state index >= 15 is 0 Å². The average molecular weight is 394 g/mol. The number of alkyl halides is 3. The van der Waals surface area contributed by atoms with E-state index < -0.39 is 11.7 Å². The number of nitrogens with one attached hydrogen (secondary N) is 1. The highest BCUT2D eigenvalue weighted by atomic mass is 19.4. The van der Waals surface area contributed by atoms with Crippen molar-refractivity contribution in [3.8, 4) is 0 Å². The Morgan fingerprint density at radius 2 is 1.86 bits per heavy atom. The molecule has 1 heterocycles. The minimum absolute atomic E-state index is 0.0667. The Morgan fingerprint density at radius 1 is 1.11 bits per heavy atom. The van der Waals surface area contributed by atoms with Crippen molar-refractivity contribution in [1.82, 2.24) is 10.2 Å². The van der Waals surface area contributed by atoms with Crippen molar-refractivity contribution < 1.29 is 22.4 Å². The first-order chi connectivity index (χ1) is 13.3. The molecule has 28 heavy (non-hydrogen) atoms. The molecule has 1 saturated heterocycles. The molecule has 1 fully saturated rings. The van der Waals surface area contributed by atoms with E-state index in [-0.39, 0.29) is 24.2 Å². The lowest BCUT2D eigenvalue weighted by atomic mass is 9.96. The van der Waals surface area contributed by atoms with Crippen molar-refractivity contribution in [2.45, 2.75) is 32.1 Å². The molecule has 2 aromatic rings. The number of carbonyl (C=O) groups excluding carboxylic acids is 1. The molecule has 0 radical (unpaired) electrons. The molecule has 1 aliphatic rings. The van der Waals surface area contributed by atoms with Crippen molar-refractivity contribution in [3.63, 3.8) is 0 Å². The Balaban J connectivity index is 1.53. The van der Waals surface area contributed by atoms with Gasteiger partial charge in [-0.1, -0.05) is 24.3 Å². The van der Waals surface area contributed by atoms with Gasteiger partial charge in [-0.05, 0) is 54.8 Å². The third-order valence-corrected chi connectivity index (χ3v) is 4.92. The molecule has 0 saturated carbocycles. The average Bonchev–Trinajstić information content (AvgIpc) is 2.68. The summed E-state index contributed by atoms with van der Waals surface area (Å²) in [7, 11) is 0. The highest BCUT2D eigenvalue weighted by molar-refractivity contribution is 5.79. The van der Waals surface area contributed by atoms with E-state index in [1.165, 1.54) is 18.2 Å². The number of amides is 1. The maximum atomic E-state index is 13.0. The maximum Gasteiger partial charge on any atom is 0.416 e. The SMILES string of the molecule is O=C(NCc1cccc(C(F)(F)F)c1)C1CCCN(Cc2ccc(F)cc2)C1. The summed E-state index contributed by atoms with van der Waals surface area (Å²) < 4.78 is 51.4. The molecule has 0 bridgehead atoms. The number of benzene rings is 2. The first-order valence-corrected chi connectivity index (χ1v) is 9.22. The fraction of sp³-hybridized carbons (Fsp3) is 0.381. The van der Waals surface area contributed by atoms with Gasteiger partial charge in [-0.25, -0.2) is 4.39 Å². The van der Waals surface area contributed by atoms with E-state index in [9.17, 15) is 22.4 Å². The molecular weight excluding hydrogens is 372 g/mol. The molecule has 2 aromatic carbocycles. The predicted octanol–water partition coefficient (Wildman–Crippen LogP) is 4.37. The highest BCUT2D eigenvalue weighted by Crippen LogP contribution is 2.29. The number of nitrogens with zero attached hydrogens (tertiary/aromatic N) is 1. The minimum atomic E-state index is -4.40. The van der Waals surface area contributed by atoms with Crippen LogP contribution in [0.5, 0.6) is 0 Å². The van der Waals surface area contributed by atoms with Crippen molar-refractivity contribution in [2.24, 2.45) is 5.92 Å². The van der Waals surface area contributed by atoms with E-state index in [0.717, 1.165) is 37.1 Å². The van der Waals surface area contributed by atoms with Crippen LogP contribution in [0.15, 0.2) is 48.5 Å². The lowest BCUT2D eigenvalue weighted by Crippen LogP contribution is -2.42. The number of piperidine rings is 1. The van der Waals surface area contributed by atoms with Gasteiger partial charge in [0, 0.05) is 19.6 Å². The number of hydrogen-bond donors (Lipinski definition) is 1. The fourth-order valence-corrected chi connectivity index (χ4v) is 3.45. The zero-order valence-corrected chi connectivity index (χ0v) is 15.3. The van der Waals surface area contributed by atoms with Gasteiger partial charge in [-0.3, -0.25) is 9.69 Å². The molecular formula is C21H22F4N2O. The molecule has 1 unspecified atom stereocenters. The van der Waals surface area contributed by atoms with Crippen LogP contribution in [0, 0.1) is 11.7 Å². The van der Waals surface area contributed by atoms with Crippen molar-refractivity contribution >= 4 is 5.91 Å². The first kappa shape index (κ1) is 20.3. The molecule has 1 amide bonds. The van der Waals surface area contributed by atoms with Crippen LogP contribution in [0.25, 0.3) is 0 Å². The lowest BCUT2D eigenvalue weighted by Gasteiger charge is -2.32. The second-order valence-electron chi connectivity index (χ2n) is 7.12. The van der Waals surface area contributed by atoms with Crippen LogP contribution in [0.3, 0.4) is 0 Å². The molecule has 0 spiro atoms. The number of rotatable bonds is 5. The van der Waals surface area contributed by atoms with Gasteiger partial charge in [0.05, 0.1) is 11.5 Å². The molecule has 1 N–H and O–H groups in total. The number of hydrogen-bond acceptors (Lipinski definition) is 2. The van der Waals surface area contributed by atoms with E-state index in [1.807, 2.05) is 0 Å². The number of likely N-dealkylation sites (tertiary alicyclic amines) is 1. The Kier molecular flexibility index (Phi) is 6.34. The molecule has 150 valence electrons. The second kappa shape index (κ2) is 8.73. The number of carbonyl (C=O) groups is 1. The van der Waals surface area contributed by atoms with Crippen LogP contribution in [-0.2, 0) is 24.1 Å². The summed E-state index contributed by atoms with van der Waals surface area (Å²) in [6.07, 6.45) is -2.79. The smallest absolute Gasteiger partial charge is 0.352 e. The molecule has 7 heteroatoms. The summed E-state index contributed by atoms with van der Waals surface area (Å²) in [5, 5.41) is 2.76. The second-order valence-corrected chi connectivity index (χ2v) is 7.12. The predicted molar refractivity (Wildman–Crippen MR) is 97.7 cm³/mol. The van der Waals surface area contributed by atoms with Crippen molar-refractivity contribution in [3.05, 3.63) is 71.0 Å². The zero-order chi connectivity index (χ0) is 20.1. The van der Waals surface area contributed by atoms with Crippen LogP contribution >= 0.6 is 0 Å². The van der Waals surface area contributed by atoms with Crippen molar-refractivity contribution in [2.75, 3.05) is 13.1 Å². The van der Waals surface area contributed by atoms with Crippen LogP contribution in [-0.4, -0.2) is 23.9 Å². The normalized spacial score (nSPS) is 18.1. The molecule has 3 nitrogen and oxygen atoms in total. The summed E-state index contributed by atoms with van der Waals surface area (Å²) in [6, 6.07) is 11.3. The van der Waals surface area contributed by atoms with Gasteiger partial charge in [0.1, 0.15) is 5.82 Å². The van der Waals surface area contributed by atoms with Gasteiger partial charge in [-0.2, -0.15) is 13.2 Å². The third-order valence-electron chi connectivity index (χ3n) is 4.92. The quantitative estimate of drug-likeness (QED) is 0.764. The monoisotopic (exact) mass is 394 g/mol. The Morgan fingerprint density at radius 3 is 2.57 bits per heavy atom. The molecule has 3 rings (SSSR count). The topological polar surface area (TPSA) is 32.3 Å². The Hall–Kier alpha value is -2.41. The summed E-state index contributed by atoms with van der Waals surface area (Å²) in [5.41, 5.74) is 0.677. The van der Waals surface area contributed by atoms with Crippen LogP contribution in [0.1, 0.15) is 29.5 Å². The zero-order valence-electron chi connectivity index (χ0n) is 15.3. The van der Waals surface area contributed by atoms with Crippen molar-refractivity contribution in [1.29, 1.82) is 0 Å². The van der Waals surface area contributed by atoms with E-state index in [2.05, 4.69) is 10.2 Å². The van der Waals surface area contributed by atoms with Gasteiger partial charge in [-0.15, -0.1) is 0 Å².